The van der Waals surface area contributed by atoms with Gasteiger partial charge in [-0.3, -0.25) is 0 Å². The number of fused-ring (bicyclic) bond motifs is 2. The number of nitrogens with one attached hydrogen (secondary N) is 1. The summed E-state index contributed by atoms with van der Waals surface area (Å²) in [5, 5.41) is 11.9. The summed E-state index contributed by atoms with van der Waals surface area (Å²) in [6, 6.07) is 6.95. The second kappa shape index (κ2) is 6.51. The van der Waals surface area contributed by atoms with Gasteiger partial charge in [-0.15, -0.1) is 5.10 Å². The maximum atomic E-state index is 12.8. The van der Waals surface area contributed by atoms with Crippen molar-refractivity contribution in [1.29, 1.82) is 0 Å². The first-order valence-corrected chi connectivity index (χ1v) is 10.2. The molecule has 1 aromatic carbocycles. The van der Waals surface area contributed by atoms with Crippen molar-refractivity contribution < 1.29 is 4.79 Å². The lowest BCUT2D eigenvalue weighted by molar-refractivity contribution is -0.00601. The number of urea groups is 1. The molecule has 0 radical (unpaired) electrons. The van der Waals surface area contributed by atoms with Gasteiger partial charge in [0, 0.05) is 34.9 Å². The molecule has 2 saturated heterocycles. The Morgan fingerprint density at radius 2 is 2.04 bits per heavy atom. The highest BCUT2D eigenvalue weighted by molar-refractivity contribution is 6.31. The van der Waals surface area contributed by atoms with E-state index in [-0.39, 0.29) is 12.1 Å². The van der Waals surface area contributed by atoms with Crippen molar-refractivity contribution in [2.75, 3.05) is 5.32 Å². The van der Waals surface area contributed by atoms with Crippen LogP contribution in [0.2, 0.25) is 5.02 Å². The van der Waals surface area contributed by atoms with Crippen LogP contribution in [0.4, 0.5) is 10.5 Å². The second-order valence-electron chi connectivity index (χ2n) is 8.33. The molecule has 2 aliphatic heterocycles. The Bertz CT molecular complexity index is 842. The van der Waals surface area contributed by atoms with Gasteiger partial charge in [0.1, 0.15) is 0 Å². The van der Waals surface area contributed by atoms with Crippen molar-refractivity contribution in [3.05, 3.63) is 41.2 Å². The van der Waals surface area contributed by atoms with Crippen LogP contribution in [-0.4, -0.2) is 38.0 Å². The van der Waals surface area contributed by atoms with Crippen LogP contribution in [0.1, 0.15) is 56.6 Å². The predicted molar refractivity (Wildman–Crippen MR) is 104 cm³/mol. The van der Waals surface area contributed by atoms with E-state index < -0.39 is 0 Å². The Labute approximate surface area is 163 Å². The number of anilines is 1. The zero-order chi connectivity index (χ0) is 18.5. The Kier molecular flexibility index (Phi) is 4.11. The molecule has 2 saturated carbocycles. The fraction of sp³-hybridized carbons (Fsp3) is 0.550. The number of carbonyl (C=O) groups excluding carboxylic acids is 1. The summed E-state index contributed by atoms with van der Waals surface area (Å²) in [6.45, 7) is 2.28. The molecule has 27 heavy (non-hydrogen) atoms. The predicted octanol–water partition coefficient (Wildman–Crippen LogP) is 4.45. The Morgan fingerprint density at radius 1 is 1.22 bits per heavy atom. The molecule has 4 atom stereocenters. The lowest BCUT2D eigenvalue weighted by Crippen LogP contribution is -2.63. The van der Waals surface area contributed by atoms with Gasteiger partial charge in [-0.05, 0) is 61.8 Å². The van der Waals surface area contributed by atoms with Crippen molar-refractivity contribution in [3.8, 4) is 0 Å². The van der Waals surface area contributed by atoms with Gasteiger partial charge in [-0.1, -0.05) is 23.7 Å². The number of carbonyl (C=O) groups is 1. The van der Waals surface area contributed by atoms with E-state index in [0.29, 0.717) is 18.0 Å². The number of aromatic nitrogens is 3. The van der Waals surface area contributed by atoms with Crippen molar-refractivity contribution in [2.24, 2.45) is 5.92 Å². The zero-order valence-corrected chi connectivity index (χ0v) is 16.1. The van der Waals surface area contributed by atoms with Gasteiger partial charge < -0.3 is 10.2 Å². The van der Waals surface area contributed by atoms with Crippen molar-refractivity contribution in [1.82, 2.24) is 19.9 Å². The molecule has 2 unspecified atom stereocenters. The number of hydrogen-bond acceptors (Lipinski definition) is 3. The van der Waals surface area contributed by atoms with Gasteiger partial charge >= 0.3 is 6.03 Å². The molecule has 0 spiro atoms. The fourth-order valence-electron chi connectivity index (χ4n) is 5.13. The minimum atomic E-state index is 0.0258. The zero-order valence-electron chi connectivity index (χ0n) is 15.4. The molecule has 4 fully saturated rings. The number of rotatable bonds is 3. The minimum Gasteiger partial charge on any atom is -0.318 e. The summed E-state index contributed by atoms with van der Waals surface area (Å²) in [4.78, 5) is 14.8. The van der Waals surface area contributed by atoms with Gasteiger partial charge in [-0.25, -0.2) is 9.48 Å². The summed E-state index contributed by atoms with van der Waals surface area (Å²) < 4.78 is 1.91. The second-order valence-corrected chi connectivity index (χ2v) is 8.74. The molecule has 3 heterocycles. The third-order valence-corrected chi connectivity index (χ3v) is 6.92. The normalized spacial score (nSPS) is 31.8. The molecule has 1 aromatic heterocycles. The monoisotopic (exact) mass is 385 g/mol. The first kappa shape index (κ1) is 17.0. The fourth-order valence-corrected chi connectivity index (χ4v) is 5.39. The average Bonchev–Trinajstić information content (AvgIpc) is 3.10. The number of benzene rings is 1. The molecule has 7 heteroatoms. The third kappa shape index (κ3) is 2.90. The van der Waals surface area contributed by atoms with Gasteiger partial charge in [0.2, 0.25) is 0 Å². The highest BCUT2D eigenvalue weighted by atomic mass is 35.5. The van der Waals surface area contributed by atoms with Crippen LogP contribution in [-0.2, 0) is 0 Å². The summed E-state index contributed by atoms with van der Waals surface area (Å²) in [7, 11) is 0. The largest absolute Gasteiger partial charge is 0.322 e. The van der Waals surface area contributed by atoms with Gasteiger partial charge in [0.15, 0.2) is 0 Å². The number of halogens is 1. The highest BCUT2D eigenvalue weighted by Crippen LogP contribution is 2.48. The van der Waals surface area contributed by atoms with Crippen LogP contribution in [0.15, 0.2) is 30.6 Å². The summed E-state index contributed by atoms with van der Waals surface area (Å²) in [6.07, 6.45) is 9.14. The summed E-state index contributed by atoms with van der Waals surface area (Å²) in [5.41, 5.74) is 1.90. The van der Waals surface area contributed by atoms with Crippen LogP contribution in [0.25, 0.3) is 0 Å². The molecule has 2 amide bonds. The highest BCUT2D eigenvalue weighted by Gasteiger charge is 2.46. The van der Waals surface area contributed by atoms with Gasteiger partial charge in [-0.2, -0.15) is 0 Å². The van der Waals surface area contributed by atoms with E-state index in [0.717, 1.165) is 54.3 Å². The molecule has 142 valence electrons. The number of nitrogens with zero attached hydrogens (tertiary/aromatic N) is 4. The van der Waals surface area contributed by atoms with Crippen LogP contribution in [0.3, 0.4) is 0 Å². The number of amides is 2. The van der Waals surface area contributed by atoms with E-state index in [1.807, 2.05) is 34.0 Å². The first-order valence-electron chi connectivity index (χ1n) is 9.84. The summed E-state index contributed by atoms with van der Waals surface area (Å²) >= 11 is 6.49. The lowest BCUT2D eigenvalue weighted by atomic mass is 9.74. The van der Waals surface area contributed by atoms with E-state index in [9.17, 15) is 4.79 Å². The Balaban J connectivity index is 1.32. The van der Waals surface area contributed by atoms with E-state index >= 15 is 0 Å². The van der Waals surface area contributed by atoms with Crippen molar-refractivity contribution in [3.63, 3.8) is 0 Å². The molecular weight excluding hydrogens is 362 g/mol. The molecule has 2 aromatic rings. The summed E-state index contributed by atoms with van der Waals surface area (Å²) in [5.74, 6) is 1.03. The molecule has 1 N–H and O–H groups in total. The Hall–Kier alpha value is -2.08. The number of hydrogen-bond donors (Lipinski definition) is 1. The molecular formula is C20H24ClN5O. The maximum absolute atomic E-state index is 12.8. The number of piperidine rings is 1. The first-order chi connectivity index (χ1) is 13.1. The average molecular weight is 386 g/mol. The van der Waals surface area contributed by atoms with Crippen molar-refractivity contribution in [2.45, 2.75) is 63.1 Å². The molecule has 6 nitrogen and oxygen atoms in total. The van der Waals surface area contributed by atoms with Crippen LogP contribution in [0.5, 0.6) is 0 Å². The van der Waals surface area contributed by atoms with Crippen LogP contribution < -0.4 is 5.32 Å². The van der Waals surface area contributed by atoms with E-state index in [1.54, 1.807) is 6.20 Å². The van der Waals surface area contributed by atoms with E-state index in [4.69, 9.17) is 11.6 Å². The maximum Gasteiger partial charge on any atom is 0.322 e. The smallest absolute Gasteiger partial charge is 0.318 e. The molecule has 2 bridgehead atoms. The quantitative estimate of drug-likeness (QED) is 0.848. The van der Waals surface area contributed by atoms with E-state index in [2.05, 4.69) is 22.6 Å². The molecule has 2 aliphatic carbocycles. The van der Waals surface area contributed by atoms with Gasteiger partial charge in [0.05, 0.1) is 12.2 Å². The van der Waals surface area contributed by atoms with E-state index in [1.165, 1.54) is 0 Å². The van der Waals surface area contributed by atoms with Crippen molar-refractivity contribution >= 4 is 23.3 Å². The van der Waals surface area contributed by atoms with Crippen LogP contribution >= 0.6 is 11.6 Å². The molecule has 6 rings (SSSR count). The molecule has 4 aliphatic rings. The van der Waals surface area contributed by atoms with Crippen LogP contribution in [0, 0.1) is 5.92 Å². The third-order valence-electron chi connectivity index (χ3n) is 6.58. The minimum absolute atomic E-state index is 0.0258. The Morgan fingerprint density at radius 3 is 2.70 bits per heavy atom. The lowest BCUT2D eigenvalue weighted by Gasteiger charge is -2.54. The topological polar surface area (TPSA) is 63.1 Å². The van der Waals surface area contributed by atoms with Gasteiger partial charge in [0.25, 0.3) is 0 Å². The SMILES string of the molecule is CC1CC2CC(C1)N2C(=O)Nc1ccc(Cl)c([C@@H]2CC[C@H]2n2ccnn2)c1. The standard InChI is InChI=1S/C20H24ClN5O/c1-12-8-14-11-15(9-12)26(14)20(27)23-13-2-4-18(21)17(10-13)16-3-5-19(16)25-7-6-22-24-25/h2,4,6-7,10,12,14-16,19H,3,5,8-9,11H2,1H3,(H,23,27)/t12?,14?,15?,16-,19+/m0/s1.